The second kappa shape index (κ2) is 8.92. The van der Waals surface area contributed by atoms with Gasteiger partial charge in [-0.3, -0.25) is 14.7 Å². The Morgan fingerprint density at radius 2 is 1.83 bits per heavy atom. The zero-order chi connectivity index (χ0) is 20.3. The molecule has 3 aliphatic rings. The number of aromatic nitrogens is 2. The van der Waals surface area contributed by atoms with Gasteiger partial charge in [0, 0.05) is 57.1 Å². The van der Waals surface area contributed by atoms with E-state index in [4.69, 9.17) is 4.52 Å². The van der Waals surface area contributed by atoms with Crippen LogP contribution < -0.4 is 10.2 Å². The number of pyridine rings is 1. The largest absolute Gasteiger partial charge is 0.354 e. The van der Waals surface area contributed by atoms with Crippen molar-refractivity contribution in [1.29, 1.82) is 0 Å². The molecule has 2 aromatic heterocycles. The van der Waals surface area contributed by atoms with Gasteiger partial charge >= 0.3 is 0 Å². The molecule has 3 heterocycles. The number of hydrogen-bond donors (Lipinski definition) is 1. The number of carbonyl (C=O) groups is 1. The van der Waals surface area contributed by atoms with Gasteiger partial charge in [-0.1, -0.05) is 5.16 Å². The number of anilines is 1. The fourth-order valence-electron chi connectivity index (χ4n) is 5.01. The van der Waals surface area contributed by atoms with Crippen molar-refractivity contribution in [1.82, 2.24) is 20.4 Å². The Labute approximate surface area is 178 Å². The van der Waals surface area contributed by atoms with Gasteiger partial charge < -0.3 is 14.7 Å². The van der Waals surface area contributed by atoms with Crippen LogP contribution in [0.15, 0.2) is 23.0 Å². The molecule has 1 amide bonds. The van der Waals surface area contributed by atoms with Crippen LogP contribution in [0.1, 0.15) is 51.4 Å². The Kier molecular flexibility index (Phi) is 5.88. The lowest BCUT2D eigenvalue weighted by Crippen LogP contribution is -2.47. The average Bonchev–Trinajstić information content (AvgIpc) is 3.48. The van der Waals surface area contributed by atoms with Crippen LogP contribution >= 0.6 is 0 Å². The highest BCUT2D eigenvalue weighted by Gasteiger charge is 2.28. The highest BCUT2D eigenvalue weighted by molar-refractivity contribution is 5.87. The van der Waals surface area contributed by atoms with Crippen LogP contribution in [0.5, 0.6) is 0 Å². The van der Waals surface area contributed by atoms with Gasteiger partial charge in [0.15, 0.2) is 11.4 Å². The van der Waals surface area contributed by atoms with Crippen LogP contribution in [0.2, 0.25) is 0 Å². The van der Waals surface area contributed by atoms with Crippen molar-refractivity contribution >= 4 is 22.7 Å². The molecule has 162 valence electrons. The van der Waals surface area contributed by atoms with E-state index in [0.29, 0.717) is 12.0 Å². The van der Waals surface area contributed by atoms with Crippen LogP contribution in [0.3, 0.4) is 0 Å². The van der Waals surface area contributed by atoms with Crippen molar-refractivity contribution in [2.75, 3.05) is 37.6 Å². The Morgan fingerprint density at radius 3 is 2.60 bits per heavy atom. The fraction of sp³-hybridized carbons (Fsp3) is 0.696. The number of nitrogens with zero attached hydrogens (tertiary/aromatic N) is 4. The van der Waals surface area contributed by atoms with Crippen LogP contribution in [-0.4, -0.2) is 59.7 Å². The molecule has 0 radical (unpaired) electrons. The molecule has 0 unspecified atom stereocenters. The van der Waals surface area contributed by atoms with E-state index in [-0.39, 0.29) is 5.91 Å². The van der Waals surface area contributed by atoms with E-state index >= 15 is 0 Å². The fourth-order valence-corrected chi connectivity index (χ4v) is 5.01. The molecule has 3 fully saturated rings. The SMILES string of the molecule is O=C(CC1CC1)N[C@H]1CC[C@H](CCN2CCN(c3noc4ccncc34)CC2)CC1. The van der Waals surface area contributed by atoms with E-state index in [1.807, 2.05) is 12.3 Å². The molecule has 7 nitrogen and oxygen atoms in total. The Hall–Kier alpha value is -2.15. The maximum atomic E-state index is 12.0. The first kappa shape index (κ1) is 19.8. The van der Waals surface area contributed by atoms with Crippen molar-refractivity contribution in [2.45, 2.75) is 57.4 Å². The quantitative estimate of drug-likeness (QED) is 0.754. The molecule has 0 bridgehead atoms. The van der Waals surface area contributed by atoms with Gasteiger partial charge in [0.05, 0.1) is 5.39 Å². The van der Waals surface area contributed by atoms with Gasteiger partial charge in [-0.2, -0.15) is 0 Å². The molecule has 2 saturated carbocycles. The number of carbonyl (C=O) groups excluding carboxylic acids is 1. The highest BCUT2D eigenvalue weighted by atomic mass is 16.5. The molecule has 2 aliphatic carbocycles. The lowest BCUT2D eigenvalue weighted by molar-refractivity contribution is -0.122. The van der Waals surface area contributed by atoms with Crippen molar-refractivity contribution in [3.8, 4) is 0 Å². The molecule has 1 N–H and O–H groups in total. The van der Waals surface area contributed by atoms with Crippen molar-refractivity contribution in [2.24, 2.45) is 11.8 Å². The Bertz CT molecular complexity index is 848. The van der Waals surface area contributed by atoms with E-state index in [2.05, 4.69) is 25.3 Å². The summed E-state index contributed by atoms with van der Waals surface area (Å²) in [5.41, 5.74) is 0.807. The summed E-state index contributed by atoms with van der Waals surface area (Å²) in [5.74, 6) is 2.71. The Morgan fingerprint density at radius 1 is 1.07 bits per heavy atom. The summed E-state index contributed by atoms with van der Waals surface area (Å²) in [6, 6.07) is 2.29. The molecule has 7 heteroatoms. The molecule has 0 spiro atoms. The first-order valence-corrected chi connectivity index (χ1v) is 11.7. The summed E-state index contributed by atoms with van der Waals surface area (Å²) in [7, 11) is 0. The van der Waals surface area contributed by atoms with Crippen LogP contribution in [0.25, 0.3) is 11.0 Å². The van der Waals surface area contributed by atoms with Gasteiger partial charge in [0.25, 0.3) is 0 Å². The predicted octanol–water partition coefficient (Wildman–Crippen LogP) is 3.21. The van der Waals surface area contributed by atoms with Gasteiger partial charge in [-0.25, -0.2) is 0 Å². The molecule has 1 saturated heterocycles. The minimum Gasteiger partial charge on any atom is -0.354 e. The van der Waals surface area contributed by atoms with Crippen LogP contribution in [0, 0.1) is 11.8 Å². The topological polar surface area (TPSA) is 74.5 Å². The molecular formula is C23H33N5O2. The zero-order valence-corrected chi connectivity index (χ0v) is 17.8. The first-order valence-electron chi connectivity index (χ1n) is 11.7. The summed E-state index contributed by atoms with van der Waals surface area (Å²) in [5, 5.41) is 8.55. The summed E-state index contributed by atoms with van der Waals surface area (Å²) < 4.78 is 5.44. The van der Waals surface area contributed by atoms with E-state index < -0.39 is 0 Å². The van der Waals surface area contributed by atoms with Gasteiger partial charge in [-0.15, -0.1) is 0 Å². The molecule has 5 rings (SSSR count). The third-order valence-corrected chi connectivity index (χ3v) is 7.16. The lowest BCUT2D eigenvalue weighted by Gasteiger charge is -2.36. The van der Waals surface area contributed by atoms with Crippen LogP contribution in [-0.2, 0) is 4.79 Å². The van der Waals surface area contributed by atoms with Gasteiger partial charge in [0.1, 0.15) is 0 Å². The molecule has 0 atom stereocenters. The van der Waals surface area contributed by atoms with E-state index in [1.165, 1.54) is 38.6 Å². The normalized spacial score (nSPS) is 25.5. The monoisotopic (exact) mass is 411 g/mol. The molecular weight excluding hydrogens is 378 g/mol. The van der Waals surface area contributed by atoms with Crippen molar-refractivity contribution in [3.63, 3.8) is 0 Å². The molecule has 0 aromatic carbocycles. The predicted molar refractivity (Wildman–Crippen MR) is 116 cm³/mol. The number of rotatable bonds is 7. The molecule has 2 aromatic rings. The highest BCUT2D eigenvalue weighted by Crippen LogP contribution is 2.33. The maximum Gasteiger partial charge on any atom is 0.220 e. The zero-order valence-electron chi connectivity index (χ0n) is 17.8. The summed E-state index contributed by atoms with van der Waals surface area (Å²) in [6.45, 7) is 5.29. The van der Waals surface area contributed by atoms with Crippen molar-refractivity contribution in [3.05, 3.63) is 18.5 Å². The van der Waals surface area contributed by atoms with Gasteiger partial charge in [0.2, 0.25) is 5.91 Å². The summed E-state index contributed by atoms with van der Waals surface area (Å²) in [6.07, 6.45) is 12.9. The minimum absolute atomic E-state index is 0.287. The van der Waals surface area contributed by atoms with Gasteiger partial charge in [-0.05, 0) is 63.3 Å². The van der Waals surface area contributed by atoms with E-state index in [9.17, 15) is 4.79 Å². The third kappa shape index (κ3) is 4.77. The standard InChI is InChI=1S/C23H33N5O2/c29-22(15-18-1-2-18)25-19-5-3-17(4-6-19)8-10-27-11-13-28(14-12-27)23-20-16-24-9-7-21(20)30-26-23/h7,9,16-19H,1-6,8,10-15H2,(H,25,29)/t17-,19-. The number of fused-ring (bicyclic) bond motifs is 1. The van der Waals surface area contributed by atoms with E-state index in [1.54, 1.807) is 6.20 Å². The maximum absolute atomic E-state index is 12.0. The number of amides is 1. The second-order valence-corrected chi connectivity index (χ2v) is 9.43. The van der Waals surface area contributed by atoms with E-state index in [0.717, 1.165) is 68.1 Å². The summed E-state index contributed by atoms with van der Waals surface area (Å²) in [4.78, 5) is 21.1. The summed E-state index contributed by atoms with van der Waals surface area (Å²) >= 11 is 0. The number of piperazine rings is 1. The first-order chi connectivity index (χ1) is 14.7. The molecule has 1 aliphatic heterocycles. The van der Waals surface area contributed by atoms with Crippen molar-refractivity contribution < 1.29 is 9.32 Å². The number of hydrogen-bond acceptors (Lipinski definition) is 6. The lowest BCUT2D eigenvalue weighted by atomic mass is 9.84. The smallest absolute Gasteiger partial charge is 0.220 e. The minimum atomic E-state index is 0.287. The third-order valence-electron chi connectivity index (χ3n) is 7.16. The average molecular weight is 412 g/mol. The second-order valence-electron chi connectivity index (χ2n) is 9.43. The Balaban J connectivity index is 1.01. The van der Waals surface area contributed by atoms with Crippen LogP contribution in [0.4, 0.5) is 5.82 Å². The number of nitrogens with one attached hydrogen (secondary N) is 1. The molecule has 30 heavy (non-hydrogen) atoms.